The molecule has 104 valence electrons. The fourth-order valence-corrected chi connectivity index (χ4v) is 3.22. The van der Waals surface area contributed by atoms with Crippen LogP contribution in [0.25, 0.3) is 0 Å². The highest BCUT2D eigenvalue weighted by atomic mass is 32.2. The van der Waals surface area contributed by atoms with E-state index >= 15 is 0 Å². The fourth-order valence-electron chi connectivity index (χ4n) is 2.03. The molecule has 0 bridgehead atoms. The van der Waals surface area contributed by atoms with Crippen LogP contribution in [0.15, 0.2) is 0 Å². The summed E-state index contributed by atoms with van der Waals surface area (Å²) >= 11 is 2.04. The van der Waals surface area contributed by atoms with E-state index in [0.29, 0.717) is 6.04 Å². The van der Waals surface area contributed by atoms with Gasteiger partial charge in [-0.25, -0.2) is 0 Å². The van der Waals surface area contributed by atoms with Gasteiger partial charge in [-0.15, -0.1) is 0 Å². The first-order valence-corrected chi connectivity index (χ1v) is 8.54. The molecule has 0 aliphatic heterocycles. The molecule has 0 aromatic heterocycles. The van der Waals surface area contributed by atoms with Crippen LogP contribution < -0.4 is 5.32 Å². The summed E-state index contributed by atoms with van der Waals surface area (Å²) in [4.78, 5) is 0. The third-order valence-corrected chi connectivity index (χ3v) is 4.71. The number of thioether (sulfide) groups is 1. The van der Waals surface area contributed by atoms with Gasteiger partial charge in [0.15, 0.2) is 0 Å². The molecule has 1 N–H and O–H groups in total. The fraction of sp³-hybridized carbons (Fsp3) is 0.933. The maximum atomic E-state index is 9.41. The SMILES string of the molecule is CCC(C#N)(CCCSCCC(C)C)NC1CC1. The minimum Gasteiger partial charge on any atom is -0.297 e. The van der Waals surface area contributed by atoms with E-state index < -0.39 is 0 Å². The third kappa shape index (κ3) is 6.11. The van der Waals surface area contributed by atoms with Gasteiger partial charge >= 0.3 is 0 Å². The Morgan fingerprint density at radius 2 is 2.11 bits per heavy atom. The molecule has 1 unspecified atom stereocenters. The molecule has 1 fully saturated rings. The van der Waals surface area contributed by atoms with Gasteiger partial charge in [-0.3, -0.25) is 5.32 Å². The maximum Gasteiger partial charge on any atom is 0.106 e. The van der Waals surface area contributed by atoms with Crippen LogP contribution in [0.1, 0.15) is 59.3 Å². The average Bonchev–Trinajstić information content (AvgIpc) is 3.15. The van der Waals surface area contributed by atoms with E-state index in [1.54, 1.807) is 0 Å². The zero-order valence-electron chi connectivity index (χ0n) is 12.2. The summed E-state index contributed by atoms with van der Waals surface area (Å²) in [7, 11) is 0. The Kier molecular flexibility index (Phi) is 7.11. The van der Waals surface area contributed by atoms with E-state index in [1.807, 2.05) is 11.8 Å². The average molecular weight is 268 g/mol. The van der Waals surface area contributed by atoms with Crippen molar-refractivity contribution in [3.8, 4) is 6.07 Å². The molecule has 1 rings (SSSR count). The lowest BCUT2D eigenvalue weighted by atomic mass is 9.92. The highest BCUT2D eigenvalue weighted by Gasteiger charge is 2.34. The molecule has 0 amide bonds. The molecule has 3 heteroatoms. The van der Waals surface area contributed by atoms with Gasteiger partial charge in [-0.05, 0) is 55.9 Å². The number of nitrogens with one attached hydrogen (secondary N) is 1. The molecule has 0 aromatic carbocycles. The molecule has 0 aromatic rings. The van der Waals surface area contributed by atoms with Crippen molar-refractivity contribution in [1.29, 1.82) is 5.26 Å². The molecule has 0 spiro atoms. The molecule has 18 heavy (non-hydrogen) atoms. The van der Waals surface area contributed by atoms with Crippen LogP contribution in [0.3, 0.4) is 0 Å². The predicted molar refractivity (Wildman–Crippen MR) is 80.8 cm³/mol. The van der Waals surface area contributed by atoms with Gasteiger partial charge in [-0.1, -0.05) is 20.8 Å². The second-order valence-corrected chi connectivity index (χ2v) is 7.09. The van der Waals surface area contributed by atoms with Crippen molar-refractivity contribution < 1.29 is 0 Å². The molecule has 1 aliphatic carbocycles. The molecule has 0 saturated heterocycles. The van der Waals surface area contributed by atoms with Crippen molar-refractivity contribution in [2.24, 2.45) is 5.92 Å². The summed E-state index contributed by atoms with van der Waals surface area (Å²) in [6.07, 6.45) is 6.91. The van der Waals surface area contributed by atoms with Crippen molar-refractivity contribution in [3.63, 3.8) is 0 Å². The Bertz CT molecular complexity index is 268. The Morgan fingerprint density at radius 3 is 2.61 bits per heavy atom. The van der Waals surface area contributed by atoms with Crippen LogP contribution in [0.4, 0.5) is 0 Å². The van der Waals surface area contributed by atoms with Gasteiger partial charge < -0.3 is 0 Å². The Balaban J connectivity index is 2.15. The van der Waals surface area contributed by atoms with Gasteiger partial charge in [0.2, 0.25) is 0 Å². The van der Waals surface area contributed by atoms with Crippen LogP contribution in [0, 0.1) is 17.2 Å². The van der Waals surface area contributed by atoms with E-state index in [2.05, 4.69) is 32.2 Å². The first-order chi connectivity index (χ1) is 8.62. The topological polar surface area (TPSA) is 35.8 Å². The molecular formula is C15H28N2S. The number of hydrogen-bond acceptors (Lipinski definition) is 3. The van der Waals surface area contributed by atoms with Crippen molar-refractivity contribution in [2.75, 3.05) is 11.5 Å². The van der Waals surface area contributed by atoms with Crippen LogP contribution in [-0.2, 0) is 0 Å². The normalized spacial score (nSPS) is 18.6. The first-order valence-electron chi connectivity index (χ1n) is 7.38. The van der Waals surface area contributed by atoms with Gasteiger partial charge in [0.05, 0.1) is 6.07 Å². The smallest absolute Gasteiger partial charge is 0.106 e. The Morgan fingerprint density at radius 1 is 1.39 bits per heavy atom. The van der Waals surface area contributed by atoms with E-state index in [4.69, 9.17) is 0 Å². The largest absolute Gasteiger partial charge is 0.297 e. The second kappa shape index (κ2) is 8.07. The summed E-state index contributed by atoms with van der Waals surface area (Å²) in [6, 6.07) is 3.15. The van der Waals surface area contributed by atoms with Gasteiger partial charge in [-0.2, -0.15) is 17.0 Å². The minimum atomic E-state index is -0.250. The standard InChI is InChI=1S/C15H28N2S/c1-4-15(12-16,17-14-6-7-14)9-5-10-18-11-8-13(2)3/h13-14,17H,4-11H2,1-3H3. The molecule has 2 nitrogen and oxygen atoms in total. The Hall–Kier alpha value is -0.200. The number of rotatable bonds is 10. The van der Waals surface area contributed by atoms with E-state index in [1.165, 1.54) is 30.8 Å². The minimum absolute atomic E-state index is 0.250. The zero-order valence-corrected chi connectivity index (χ0v) is 13.0. The molecule has 1 atom stereocenters. The van der Waals surface area contributed by atoms with Crippen LogP contribution in [0.5, 0.6) is 0 Å². The van der Waals surface area contributed by atoms with Crippen LogP contribution >= 0.6 is 11.8 Å². The van der Waals surface area contributed by atoms with Crippen molar-refractivity contribution in [3.05, 3.63) is 0 Å². The summed E-state index contributed by atoms with van der Waals surface area (Å²) < 4.78 is 0. The first kappa shape index (κ1) is 15.9. The van der Waals surface area contributed by atoms with Gasteiger partial charge in [0.25, 0.3) is 0 Å². The predicted octanol–water partition coefficient (Wildman–Crippen LogP) is 3.97. The summed E-state index contributed by atoms with van der Waals surface area (Å²) in [5.41, 5.74) is -0.250. The second-order valence-electron chi connectivity index (χ2n) is 5.86. The summed E-state index contributed by atoms with van der Waals surface area (Å²) in [5, 5.41) is 13.0. The lowest BCUT2D eigenvalue weighted by Crippen LogP contribution is -2.44. The molecule has 1 saturated carbocycles. The Labute approximate surface area is 117 Å². The molecular weight excluding hydrogens is 240 g/mol. The van der Waals surface area contributed by atoms with Gasteiger partial charge in [0, 0.05) is 6.04 Å². The quantitative estimate of drug-likeness (QED) is 0.609. The molecule has 0 heterocycles. The van der Waals surface area contributed by atoms with Crippen LogP contribution in [-0.4, -0.2) is 23.1 Å². The number of hydrogen-bond donors (Lipinski definition) is 1. The summed E-state index contributed by atoms with van der Waals surface area (Å²) in [6.45, 7) is 6.68. The zero-order chi connectivity index (χ0) is 13.4. The summed E-state index contributed by atoms with van der Waals surface area (Å²) in [5.74, 6) is 3.27. The van der Waals surface area contributed by atoms with Crippen molar-refractivity contribution >= 4 is 11.8 Å². The van der Waals surface area contributed by atoms with E-state index in [-0.39, 0.29) is 5.54 Å². The lowest BCUT2D eigenvalue weighted by molar-refractivity contribution is 0.367. The van der Waals surface area contributed by atoms with Crippen molar-refractivity contribution in [1.82, 2.24) is 5.32 Å². The van der Waals surface area contributed by atoms with E-state index in [0.717, 1.165) is 25.2 Å². The van der Waals surface area contributed by atoms with Crippen LogP contribution in [0.2, 0.25) is 0 Å². The van der Waals surface area contributed by atoms with Crippen molar-refractivity contribution in [2.45, 2.75) is 70.9 Å². The van der Waals surface area contributed by atoms with Gasteiger partial charge in [0.1, 0.15) is 5.54 Å². The highest BCUT2D eigenvalue weighted by Crippen LogP contribution is 2.27. The van der Waals surface area contributed by atoms with E-state index in [9.17, 15) is 5.26 Å². The number of nitriles is 1. The molecule has 0 radical (unpaired) electrons. The lowest BCUT2D eigenvalue weighted by Gasteiger charge is -2.26. The highest BCUT2D eigenvalue weighted by molar-refractivity contribution is 7.99. The third-order valence-electron chi connectivity index (χ3n) is 3.61. The monoisotopic (exact) mass is 268 g/mol. The number of nitrogens with zero attached hydrogens (tertiary/aromatic N) is 1. The molecule has 1 aliphatic rings. The maximum absolute atomic E-state index is 9.41.